The lowest BCUT2D eigenvalue weighted by molar-refractivity contribution is 0.103. The first-order valence-corrected chi connectivity index (χ1v) is 5.11. The number of hydrogen-bond acceptors (Lipinski definition) is 4. The van der Waals surface area contributed by atoms with E-state index in [4.69, 9.17) is 9.84 Å². The maximum atomic E-state index is 8.44. The fourth-order valence-corrected chi connectivity index (χ4v) is 1.64. The number of ether oxygens (including phenoxy) is 1. The largest absolute Gasteiger partial charge is 0.394 e. The molecule has 0 radical (unpaired) electrons. The third-order valence-electron chi connectivity index (χ3n) is 1.41. The fourth-order valence-electron chi connectivity index (χ4n) is 0.858. The molecule has 1 aromatic rings. The highest BCUT2D eigenvalue weighted by Gasteiger charge is 1.95. The summed E-state index contributed by atoms with van der Waals surface area (Å²) in [5, 5.41) is 12.5. The molecular weight excluding hydrogens is 188 g/mol. The molecule has 1 rings (SSSR count). The van der Waals surface area contributed by atoms with Crippen molar-refractivity contribution >= 4 is 11.8 Å². The molecule has 0 fully saturated rings. The Kier molecular flexibility index (Phi) is 4.88. The van der Waals surface area contributed by atoms with Crippen LogP contribution in [0.2, 0.25) is 0 Å². The van der Waals surface area contributed by atoms with Crippen molar-refractivity contribution in [2.45, 2.75) is 4.90 Å². The summed E-state index contributed by atoms with van der Waals surface area (Å²) in [6, 6.07) is 0. The summed E-state index contributed by atoms with van der Waals surface area (Å²) in [6.07, 6.45) is 3.80. The van der Waals surface area contributed by atoms with E-state index in [9.17, 15) is 0 Å². The molecule has 0 aliphatic carbocycles. The van der Waals surface area contributed by atoms with Gasteiger partial charge in [0.05, 0.1) is 26.0 Å². The van der Waals surface area contributed by atoms with Gasteiger partial charge in [-0.15, -0.1) is 11.8 Å². The Hall–Kier alpha value is -0.520. The Bertz CT molecular complexity index is 240. The summed E-state index contributed by atoms with van der Waals surface area (Å²) >= 11 is 1.70. The lowest BCUT2D eigenvalue weighted by atomic mass is 10.7. The molecular formula is C8H14N2O2S. The van der Waals surface area contributed by atoms with Crippen molar-refractivity contribution in [1.29, 1.82) is 0 Å². The van der Waals surface area contributed by atoms with Crippen LogP contribution < -0.4 is 0 Å². The van der Waals surface area contributed by atoms with Crippen LogP contribution in [0.4, 0.5) is 0 Å². The van der Waals surface area contributed by atoms with Gasteiger partial charge in [-0.1, -0.05) is 0 Å². The van der Waals surface area contributed by atoms with Gasteiger partial charge in [-0.05, 0) is 0 Å². The van der Waals surface area contributed by atoms with Gasteiger partial charge in [0.15, 0.2) is 0 Å². The van der Waals surface area contributed by atoms with E-state index in [1.54, 1.807) is 16.4 Å². The zero-order chi connectivity index (χ0) is 9.52. The van der Waals surface area contributed by atoms with Gasteiger partial charge in [0, 0.05) is 23.9 Å². The standard InChI is InChI=1S/C8H14N2O2S/c1-10-7-8(6-9-10)13-5-4-12-3-2-11/h6-7,11H,2-5H2,1H3. The minimum atomic E-state index is 0.0948. The van der Waals surface area contributed by atoms with Crippen LogP contribution in [0.5, 0.6) is 0 Å². The van der Waals surface area contributed by atoms with Crippen LogP contribution >= 0.6 is 11.8 Å². The molecule has 0 spiro atoms. The molecule has 0 amide bonds. The molecule has 1 N–H and O–H groups in total. The predicted octanol–water partition coefficient (Wildman–Crippen LogP) is 0.521. The van der Waals surface area contributed by atoms with Crippen molar-refractivity contribution in [3.63, 3.8) is 0 Å². The minimum Gasteiger partial charge on any atom is -0.394 e. The first-order valence-electron chi connectivity index (χ1n) is 4.13. The summed E-state index contributed by atoms with van der Waals surface area (Å²) in [7, 11) is 1.90. The van der Waals surface area contributed by atoms with Gasteiger partial charge in [-0.2, -0.15) is 5.10 Å². The molecule has 0 aromatic carbocycles. The maximum absolute atomic E-state index is 8.44. The van der Waals surface area contributed by atoms with E-state index in [0.29, 0.717) is 13.2 Å². The Morgan fingerprint density at radius 1 is 1.62 bits per heavy atom. The van der Waals surface area contributed by atoms with Crippen LogP contribution in [0.1, 0.15) is 0 Å². The van der Waals surface area contributed by atoms with Crippen LogP contribution in [0, 0.1) is 0 Å². The molecule has 0 aliphatic heterocycles. The predicted molar refractivity (Wildman–Crippen MR) is 51.8 cm³/mol. The second-order valence-electron chi connectivity index (χ2n) is 2.53. The highest BCUT2D eigenvalue weighted by atomic mass is 32.2. The van der Waals surface area contributed by atoms with Gasteiger partial charge in [-0.3, -0.25) is 4.68 Å². The molecule has 1 heterocycles. The number of thioether (sulfide) groups is 1. The molecule has 5 heteroatoms. The Labute approximate surface area is 81.9 Å². The van der Waals surface area contributed by atoms with E-state index >= 15 is 0 Å². The van der Waals surface area contributed by atoms with E-state index in [1.807, 2.05) is 19.4 Å². The Morgan fingerprint density at radius 2 is 2.46 bits per heavy atom. The van der Waals surface area contributed by atoms with Gasteiger partial charge in [0.1, 0.15) is 0 Å². The van der Waals surface area contributed by atoms with Crippen molar-refractivity contribution in [2.75, 3.05) is 25.6 Å². The van der Waals surface area contributed by atoms with E-state index < -0.39 is 0 Å². The number of nitrogens with zero attached hydrogens (tertiary/aromatic N) is 2. The number of aliphatic hydroxyl groups is 1. The molecule has 13 heavy (non-hydrogen) atoms. The fraction of sp³-hybridized carbons (Fsp3) is 0.625. The molecule has 0 bridgehead atoms. The molecule has 4 nitrogen and oxygen atoms in total. The lowest BCUT2D eigenvalue weighted by Gasteiger charge is -1.99. The summed E-state index contributed by atoms with van der Waals surface area (Å²) in [4.78, 5) is 1.15. The number of aromatic nitrogens is 2. The van der Waals surface area contributed by atoms with Gasteiger partial charge in [0.2, 0.25) is 0 Å². The van der Waals surface area contributed by atoms with Crippen LogP contribution in [-0.4, -0.2) is 40.5 Å². The number of hydrogen-bond donors (Lipinski definition) is 1. The second kappa shape index (κ2) is 6.01. The smallest absolute Gasteiger partial charge is 0.0698 e. The second-order valence-corrected chi connectivity index (χ2v) is 3.70. The highest BCUT2D eigenvalue weighted by Crippen LogP contribution is 2.15. The highest BCUT2D eigenvalue weighted by molar-refractivity contribution is 7.99. The zero-order valence-electron chi connectivity index (χ0n) is 7.64. The summed E-state index contributed by atoms with van der Waals surface area (Å²) in [5.41, 5.74) is 0. The first-order chi connectivity index (χ1) is 6.33. The Morgan fingerprint density at radius 3 is 3.08 bits per heavy atom. The SMILES string of the molecule is Cn1cc(SCCOCCO)cn1. The van der Waals surface area contributed by atoms with Crippen molar-refractivity contribution in [1.82, 2.24) is 9.78 Å². The van der Waals surface area contributed by atoms with Gasteiger partial charge in [-0.25, -0.2) is 0 Å². The summed E-state index contributed by atoms with van der Waals surface area (Å²) in [6.45, 7) is 1.19. The number of rotatable bonds is 6. The van der Waals surface area contributed by atoms with Gasteiger partial charge in [0.25, 0.3) is 0 Å². The normalized spacial score (nSPS) is 10.6. The quantitative estimate of drug-likeness (QED) is 0.539. The molecule has 0 unspecified atom stereocenters. The van der Waals surface area contributed by atoms with Crippen molar-refractivity contribution in [3.05, 3.63) is 12.4 Å². The van der Waals surface area contributed by atoms with Crippen LogP contribution in [0.15, 0.2) is 17.3 Å². The monoisotopic (exact) mass is 202 g/mol. The van der Waals surface area contributed by atoms with Crippen molar-refractivity contribution in [2.24, 2.45) is 7.05 Å². The average molecular weight is 202 g/mol. The van der Waals surface area contributed by atoms with Crippen molar-refractivity contribution in [3.8, 4) is 0 Å². The van der Waals surface area contributed by atoms with Crippen LogP contribution in [0.3, 0.4) is 0 Å². The third kappa shape index (κ3) is 4.31. The van der Waals surface area contributed by atoms with Gasteiger partial charge >= 0.3 is 0 Å². The molecule has 0 aliphatic rings. The van der Waals surface area contributed by atoms with Crippen LogP contribution in [0.25, 0.3) is 0 Å². The molecule has 1 aromatic heterocycles. The molecule has 0 saturated heterocycles. The van der Waals surface area contributed by atoms with Crippen LogP contribution in [-0.2, 0) is 11.8 Å². The van der Waals surface area contributed by atoms with E-state index in [2.05, 4.69) is 5.10 Å². The first kappa shape index (κ1) is 10.6. The van der Waals surface area contributed by atoms with Gasteiger partial charge < -0.3 is 9.84 Å². The minimum absolute atomic E-state index is 0.0948. The summed E-state index contributed by atoms with van der Waals surface area (Å²) in [5.74, 6) is 0.895. The number of aryl methyl sites for hydroxylation is 1. The number of aliphatic hydroxyl groups excluding tert-OH is 1. The zero-order valence-corrected chi connectivity index (χ0v) is 8.46. The maximum Gasteiger partial charge on any atom is 0.0698 e. The lowest BCUT2D eigenvalue weighted by Crippen LogP contribution is -2.02. The molecule has 0 atom stereocenters. The van der Waals surface area contributed by atoms with E-state index in [0.717, 1.165) is 10.6 Å². The Balaban J connectivity index is 2.06. The van der Waals surface area contributed by atoms with E-state index in [1.165, 1.54) is 0 Å². The topological polar surface area (TPSA) is 47.3 Å². The summed E-state index contributed by atoms with van der Waals surface area (Å²) < 4.78 is 6.89. The molecule has 74 valence electrons. The van der Waals surface area contributed by atoms with E-state index in [-0.39, 0.29) is 6.61 Å². The average Bonchev–Trinajstić information content (AvgIpc) is 2.51. The van der Waals surface area contributed by atoms with Crippen molar-refractivity contribution < 1.29 is 9.84 Å². The third-order valence-corrected chi connectivity index (χ3v) is 2.33. The molecule has 0 saturated carbocycles.